The molecule has 6 rings (SSSR count). The van der Waals surface area contributed by atoms with Crippen molar-refractivity contribution in [1.82, 2.24) is 9.66 Å². The highest BCUT2D eigenvalue weighted by Gasteiger charge is 2.21. The van der Waals surface area contributed by atoms with Gasteiger partial charge in [0, 0.05) is 17.0 Å². The minimum atomic E-state index is -0.576. The molecule has 4 aromatic carbocycles. The molecule has 40 heavy (non-hydrogen) atoms. The summed E-state index contributed by atoms with van der Waals surface area (Å²) in [5.74, 6) is 0.467. The third-order valence-electron chi connectivity index (χ3n) is 6.19. The van der Waals surface area contributed by atoms with Crippen LogP contribution in [0.5, 0.6) is 5.75 Å². The summed E-state index contributed by atoms with van der Waals surface area (Å²) in [6, 6.07) is 28.1. The fourth-order valence-corrected chi connectivity index (χ4v) is 4.57. The molecule has 9 nitrogen and oxygen atoms in total. The first-order valence-corrected chi connectivity index (χ1v) is 12.6. The van der Waals surface area contributed by atoms with Crippen LogP contribution in [0.1, 0.15) is 11.1 Å². The largest absolute Gasteiger partial charge is 0.481 e. The van der Waals surface area contributed by atoms with E-state index in [9.17, 15) is 14.9 Å². The molecule has 0 atom stereocenters. The van der Waals surface area contributed by atoms with Crippen LogP contribution in [0, 0.1) is 10.1 Å². The zero-order valence-electron chi connectivity index (χ0n) is 20.7. The predicted molar refractivity (Wildman–Crippen MR) is 153 cm³/mol. The van der Waals surface area contributed by atoms with Crippen molar-refractivity contribution >= 4 is 45.4 Å². The van der Waals surface area contributed by atoms with E-state index in [1.807, 2.05) is 54.6 Å². The summed E-state index contributed by atoms with van der Waals surface area (Å²) >= 11 is 6.42. The van der Waals surface area contributed by atoms with Crippen molar-refractivity contribution in [3.63, 3.8) is 0 Å². The lowest BCUT2D eigenvalue weighted by molar-refractivity contribution is -0.385. The van der Waals surface area contributed by atoms with Crippen LogP contribution in [0.2, 0.25) is 5.02 Å². The van der Waals surface area contributed by atoms with E-state index < -0.39 is 10.5 Å². The highest BCUT2D eigenvalue weighted by atomic mass is 35.5. The van der Waals surface area contributed by atoms with Crippen molar-refractivity contribution in [2.45, 2.75) is 6.61 Å². The van der Waals surface area contributed by atoms with E-state index in [-0.39, 0.29) is 28.9 Å². The number of ether oxygens (including phenoxy) is 1. The Morgan fingerprint density at radius 3 is 2.55 bits per heavy atom. The second kappa shape index (κ2) is 10.5. The molecular formula is C30H19ClN4O5. The molecule has 2 heterocycles. The topological polar surface area (TPSA) is 113 Å². The van der Waals surface area contributed by atoms with Crippen LogP contribution in [0.3, 0.4) is 0 Å². The van der Waals surface area contributed by atoms with Crippen LogP contribution in [-0.4, -0.2) is 20.8 Å². The summed E-state index contributed by atoms with van der Waals surface area (Å²) in [7, 11) is 0. The number of halogens is 1. The van der Waals surface area contributed by atoms with Gasteiger partial charge in [-0.2, -0.15) is 9.78 Å². The molecule has 0 spiro atoms. The van der Waals surface area contributed by atoms with E-state index in [0.717, 1.165) is 15.6 Å². The summed E-state index contributed by atoms with van der Waals surface area (Å²) in [4.78, 5) is 29.4. The average molecular weight is 551 g/mol. The fraction of sp³-hybridized carbons (Fsp3) is 0.0333. The summed E-state index contributed by atoms with van der Waals surface area (Å²) < 4.78 is 12.8. The molecule has 0 aliphatic carbocycles. The molecule has 0 amide bonds. The van der Waals surface area contributed by atoms with Gasteiger partial charge in [0.05, 0.1) is 27.1 Å². The first-order chi connectivity index (χ1) is 19.5. The highest BCUT2D eigenvalue weighted by Crippen LogP contribution is 2.36. The minimum Gasteiger partial charge on any atom is -0.481 e. The van der Waals surface area contributed by atoms with E-state index in [1.54, 1.807) is 30.3 Å². The molecule has 196 valence electrons. The van der Waals surface area contributed by atoms with Crippen molar-refractivity contribution in [2.24, 2.45) is 5.10 Å². The van der Waals surface area contributed by atoms with E-state index in [2.05, 4.69) is 10.1 Å². The molecule has 0 fully saturated rings. The van der Waals surface area contributed by atoms with Crippen LogP contribution in [-0.2, 0) is 6.61 Å². The number of furan rings is 1. The normalized spacial score (nSPS) is 11.4. The van der Waals surface area contributed by atoms with Crippen molar-refractivity contribution < 1.29 is 14.1 Å². The van der Waals surface area contributed by atoms with Gasteiger partial charge in [-0.1, -0.05) is 72.3 Å². The minimum absolute atomic E-state index is 0.0353. The molecule has 0 unspecified atom stereocenters. The maximum Gasteiger partial charge on any atom is 0.313 e. The van der Waals surface area contributed by atoms with Crippen LogP contribution in [0.4, 0.5) is 5.69 Å². The van der Waals surface area contributed by atoms with Crippen LogP contribution >= 0.6 is 11.6 Å². The summed E-state index contributed by atoms with van der Waals surface area (Å²) in [5.41, 5.74) is 1.48. The molecule has 0 radical (unpaired) electrons. The van der Waals surface area contributed by atoms with Crippen LogP contribution in [0.25, 0.3) is 33.5 Å². The zero-order chi connectivity index (χ0) is 27.6. The Labute approximate surface area is 231 Å². The lowest BCUT2D eigenvalue weighted by Gasteiger charge is -2.10. The summed E-state index contributed by atoms with van der Waals surface area (Å²) in [6.07, 6.45) is 1.31. The summed E-state index contributed by atoms with van der Waals surface area (Å²) in [6.45, 7) is 0.105. The van der Waals surface area contributed by atoms with Gasteiger partial charge >= 0.3 is 5.69 Å². The second-order valence-electron chi connectivity index (χ2n) is 8.84. The van der Waals surface area contributed by atoms with Gasteiger partial charge in [-0.15, -0.1) is 0 Å². The first-order valence-electron chi connectivity index (χ1n) is 12.2. The second-order valence-corrected chi connectivity index (χ2v) is 9.25. The highest BCUT2D eigenvalue weighted by molar-refractivity contribution is 6.32. The SMILES string of the molecule is O=c1c2ccccc2nc(-c2cc3ccccc3o2)n1N=Cc1cc(Cl)c(OCc2ccccc2)c([N+](=O)[O-])c1. The number of nitro groups is 1. The third kappa shape index (κ3) is 4.81. The number of benzene rings is 4. The number of hydrogen-bond acceptors (Lipinski definition) is 7. The molecule has 0 N–H and O–H groups in total. The molecule has 10 heteroatoms. The van der Waals surface area contributed by atoms with Crippen molar-refractivity contribution in [3.8, 4) is 17.3 Å². The third-order valence-corrected chi connectivity index (χ3v) is 6.47. The van der Waals surface area contributed by atoms with E-state index in [1.165, 1.54) is 18.3 Å². The van der Waals surface area contributed by atoms with E-state index in [0.29, 0.717) is 27.8 Å². The van der Waals surface area contributed by atoms with Crippen LogP contribution in [0.15, 0.2) is 111 Å². The molecule has 6 aromatic rings. The molecule has 0 aliphatic rings. The van der Waals surface area contributed by atoms with Gasteiger partial charge in [0.1, 0.15) is 12.2 Å². The smallest absolute Gasteiger partial charge is 0.313 e. The molecule has 0 saturated heterocycles. The number of rotatable bonds is 7. The summed E-state index contributed by atoms with van der Waals surface area (Å²) in [5, 5.41) is 17.5. The predicted octanol–water partition coefficient (Wildman–Crippen LogP) is 6.83. The average Bonchev–Trinajstić information content (AvgIpc) is 3.40. The Balaban J connectivity index is 1.43. The standard InChI is InChI=1S/C30H19ClN4O5/c31-23-14-20(15-25(35(37)38)28(23)39-18-19-8-2-1-3-9-19)17-32-34-29(27-16-21-10-4-7-13-26(21)40-27)33-24-12-6-5-11-22(24)30(34)36/h1-17H,18H2. The fourth-order valence-electron chi connectivity index (χ4n) is 4.29. The zero-order valence-corrected chi connectivity index (χ0v) is 21.5. The van der Waals surface area contributed by atoms with Gasteiger partial charge in [-0.3, -0.25) is 14.9 Å². The van der Waals surface area contributed by atoms with Gasteiger partial charge in [-0.25, -0.2) is 4.98 Å². The maximum atomic E-state index is 13.5. The molecule has 2 aromatic heterocycles. The van der Waals surface area contributed by atoms with Gasteiger partial charge in [-0.05, 0) is 35.9 Å². The Morgan fingerprint density at radius 1 is 1.00 bits per heavy atom. The van der Waals surface area contributed by atoms with E-state index in [4.69, 9.17) is 20.8 Å². The van der Waals surface area contributed by atoms with Crippen molar-refractivity contribution in [1.29, 1.82) is 0 Å². The monoisotopic (exact) mass is 550 g/mol. The van der Waals surface area contributed by atoms with Gasteiger partial charge in [0.15, 0.2) is 5.76 Å². The number of fused-ring (bicyclic) bond motifs is 2. The Hall–Kier alpha value is -5.28. The number of para-hydroxylation sites is 2. The lowest BCUT2D eigenvalue weighted by Crippen LogP contribution is -2.20. The van der Waals surface area contributed by atoms with Crippen molar-refractivity contribution in [2.75, 3.05) is 0 Å². The van der Waals surface area contributed by atoms with Crippen LogP contribution < -0.4 is 10.3 Å². The van der Waals surface area contributed by atoms with Gasteiger partial charge < -0.3 is 9.15 Å². The first kappa shape index (κ1) is 25.0. The number of hydrogen-bond donors (Lipinski definition) is 0. The molecule has 0 bridgehead atoms. The van der Waals surface area contributed by atoms with Gasteiger partial charge in [0.25, 0.3) is 5.56 Å². The maximum absolute atomic E-state index is 13.5. The Kier molecular flexibility index (Phi) is 6.55. The quantitative estimate of drug-likeness (QED) is 0.122. The number of nitro benzene ring substituents is 1. The van der Waals surface area contributed by atoms with Crippen molar-refractivity contribution in [3.05, 3.63) is 134 Å². The molecule has 0 aliphatic heterocycles. The molecular weight excluding hydrogens is 532 g/mol. The lowest BCUT2D eigenvalue weighted by atomic mass is 10.2. The molecule has 0 saturated carbocycles. The van der Waals surface area contributed by atoms with E-state index >= 15 is 0 Å². The number of aromatic nitrogens is 2. The Bertz CT molecular complexity index is 1950. The number of nitrogens with zero attached hydrogens (tertiary/aromatic N) is 4. The Morgan fingerprint density at radius 2 is 1.75 bits per heavy atom. The van der Waals surface area contributed by atoms with Gasteiger partial charge in [0.2, 0.25) is 11.6 Å².